The van der Waals surface area contributed by atoms with E-state index in [1.807, 2.05) is 11.8 Å². The number of carbonyl (C=O) groups excluding carboxylic acids is 1. The summed E-state index contributed by atoms with van der Waals surface area (Å²) in [6.07, 6.45) is 0. The molecule has 88 valence electrons. The van der Waals surface area contributed by atoms with Crippen molar-refractivity contribution in [2.45, 2.75) is 26.8 Å². The minimum absolute atomic E-state index is 0.250. The van der Waals surface area contributed by atoms with Crippen LogP contribution in [0, 0.1) is 5.92 Å². The molecule has 2 unspecified atom stereocenters. The highest BCUT2D eigenvalue weighted by atomic mass is 16.2. The molecule has 1 aliphatic heterocycles. The van der Waals surface area contributed by atoms with Gasteiger partial charge in [-0.3, -0.25) is 9.69 Å². The van der Waals surface area contributed by atoms with E-state index >= 15 is 0 Å². The van der Waals surface area contributed by atoms with E-state index in [4.69, 9.17) is 5.73 Å². The van der Waals surface area contributed by atoms with Crippen LogP contribution in [0.25, 0.3) is 0 Å². The Morgan fingerprint density at radius 3 is 2.80 bits per heavy atom. The van der Waals surface area contributed by atoms with Crippen LogP contribution < -0.4 is 5.73 Å². The van der Waals surface area contributed by atoms with Gasteiger partial charge in [-0.25, -0.2) is 0 Å². The van der Waals surface area contributed by atoms with Gasteiger partial charge < -0.3 is 10.6 Å². The van der Waals surface area contributed by atoms with Crippen LogP contribution in [0.1, 0.15) is 20.8 Å². The fourth-order valence-corrected chi connectivity index (χ4v) is 1.99. The SMILES string of the molecule is CCN1CC(C)N(CC(C)CN)CC1=O. The number of nitrogens with zero attached hydrogens (tertiary/aromatic N) is 2. The summed E-state index contributed by atoms with van der Waals surface area (Å²) in [7, 11) is 0. The Labute approximate surface area is 92.4 Å². The second kappa shape index (κ2) is 5.47. The third kappa shape index (κ3) is 3.18. The Kier molecular flexibility index (Phi) is 4.54. The Balaban J connectivity index is 2.51. The molecule has 2 atom stereocenters. The van der Waals surface area contributed by atoms with Gasteiger partial charge in [-0.15, -0.1) is 0 Å². The van der Waals surface area contributed by atoms with Crippen molar-refractivity contribution in [2.24, 2.45) is 11.7 Å². The molecule has 0 aromatic carbocycles. The van der Waals surface area contributed by atoms with E-state index in [-0.39, 0.29) is 5.91 Å². The van der Waals surface area contributed by atoms with Crippen molar-refractivity contribution in [2.75, 3.05) is 32.7 Å². The summed E-state index contributed by atoms with van der Waals surface area (Å²) in [4.78, 5) is 15.9. The van der Waals surface area contributed by atoms with E-state index in [9.17, 15) is 4.79 Å². The zero-order valence-corrected chi connectivity index (χ0v) is 10.1. The van der Waals surface area contributed by atoms with E-state index in [1.165, 1.54) is 0 Å². The normalized spacial score (nSPS) is 25.7. The van der Waals surface area contributed by atoms with E-state index < -0.39 is 0 Å². The fourth-order valence-electron chi connectivity index (χ4n) is 1.99. The molecule has 1 saturated heterocycles. The highest BCUT2D eigenvalue weighted by molar-refractivity contribution is 5.79. The van der Waals surface area contributed by atoms with E-state index in [0.717, 1.165) is 19.6 Å². The maximum Gasteiger partial charge on any atom is 0.236 e. The predicted octanol–water partition coefficient (Wildman–Crippen LogP) is 0.134. The molecule has 0 spiro atoms. The van der Waals surface area contributed by atoms with Crippen molar-refractivity contribution >= 4 is 5.91 Å². The van der Waals surface area contributed by atoms with Crippen LogP contribution in [0.5, 0.6) is 0 Å². The molecule has 0 aromatic rings. The zero-order chi connectivity index (χ0) is 11.4. The topological polar surface area (TPSA) is 49.6 Å². The van der Waals surface area contributed by atoms with Gasteiger partial charge in [0.15, 0.2) is 0 Å². The van der Waals surface area contributed by atoms with Gasteiger partial charge in [-0.05, 0) is 26.3 Å². The quantitative estimate of drug-likeness (QED) is 0.722. The molecule has 0 radical (unpaired) electrons. The molecule has 4 nitrogen and oxygen atoms in total. The molecule has 1 heterocycles. The molecule has 2 N–H and O–H groups in total. The summed E-state index contributed by atoms with van der Waals surface area (Å²) in [5.41, 5.74) is 5.60. The lowest BCUT2D eigenvalue weighted by Gasteiger charge is -2.40. The number of likely N-dealkylation sites (N-methyl/N-ethyl adjacent to an activating group) is 1. The van der Waals surface area contributed by atoms with Crippen LogP contribution in [0.4, 0.5) is 0 Å². The van der Waals surface area contributed by atoms with Crippen molar-refractivity contribution in [1.82, 2.24) is 9.80 Å². The first kappa shape index (κ1) is 12.5. The summed E-state index contributed by atoms with van der Waals surface area (Å²) < 4.78 is 0. The van der Waals surface area contributed by atoms with Gasteiger partial charge in [0, 0.05) is 25.7 Å². The van der Waals surface area contributed by atoms with Gasteiger partial charge in [-0.1, -0.05) is 6.92 Å². The molecule has 1 amide bonds. The Morgan fingerprint density at radius 2 is 2.27 bits per heavy atom. The second-order valence-electron chi connectivity index (χ2n) is 4.55. The minimum atomic E-state index is 0.250. The maximum atomic E-state index is 11.7. The molecule has 0 aromatic heterocycles. The van der Waals surface area contributed by atoms with E-state index in [1.54, 1.807) is 0 Å². The lowest BCUT2D eigenvalue weighted by molar-refractivity contribution is -0.138. The van der Waals surface area contributed by atoms with Crippen LogP contribution in [0.2, 0.25) is 0 Å². The monoisotopic (exact) mass is 213 g/mol. The number of hydrogen-bond acceptors (Lipinski definition) is 3. The Hall–Kier alpha value is -0.610. The molecule has 0 bridgehead atoms. The van der Waals surface area contributed by atoms with Crippen LogP contribution in [-0.4, -0.2) is 54.5 Å². The molecule has 0 saturated carbocycles. The largest absolute Gasteiger partial charge is 0.340 e. The predicted molar refractivity (Wildman–Crippen MR) is 61.5 cm³/mol. The van der Waals surface area contributed by atoms with Crippen LogP contribution in [0.3, 0.4) is 0 Å². The molecule has 1 fully saturated rings. The molecule has 1 aliphatic rings. The smallest absolute Gasteiger partial charge is 0.236 e. The summed E-state index contributed by atoms with van der Waals surface area (Å²) in [6.45, 7) is 10.2. The van der Waals surface area contributed by atoms with E-state index in [0.29, 0.717) is 25.0 Å². The number of rotatable bonds is 4. The lowest BCUT2D eigenvalue weighted by Crippen LogP contribution is -2.56. The van der Waals surface area contributed by atoms with Crippen molar-refractivity contribution in [1.29, 1.82) is 0 Å². The third-order valence-electron chi connectivity index (χ3n) is 3.13. The zero-order valence-electron chi connectivity index (χ0n) is 10.1. The summed E-state index contributed by atoms with van der Waals surface area (Å²) >= 11 is 0. The van der Waals surface area contributed by atoms with Crippen molar-refractivity contribution in [3.05, 3.63) is 0 Å². The van der Waals surface area contributed by atoms with Gasteiger partial charge in [0.1, 0.15) is 0 Å². The molecule has 4 heteroatoms. The van der Waals surface area contributed by atoms with E-state index in [2.05, 4.69) is 18.7 Å². The fraction of sp³-hybridized carbons (Fsp3) is 0.909. The average Bonchev–Trinajstić information content (AvgIpc) is 2.22. The highest BCUT2D eigenvalue weighted by Crippen LogP contribution is 2.12. The number of piperazine rings is 1. The summed E-state index contributed by atoms with van der Waals surface area (Å²) in [5, 5.41) is 0. The highest BCUT2D eigenvalue weighted by Gasteiger charge is 2.28. The standard InChI is InChI=1S/C11H23N3O/c1-4-13-7-10(3)14(8-11(13)15)6-9(2)5-12/h9-10H,4-8,12H2,1-3H3. The minimum Gasteiger partial charge on any atom is -0.340 e. The van der Waals surface area contributed by atoms with Gasteiger partial charge in [0.2, 0.25) is 5.91 Å². The summed E-state index contributed by atoms with van der Waals surface area (Å²) in [5.74, 6) is 0.716. The van der Waals surface area contributed by atoms with Crippen LogP contribution in [0.15, 0.2) is 0 Å². The number of amides is 1. The van der Waals surface area contributed by atoms with Crippen LogP contribution in [-0.2, 0) is 4.79 Å². The number of nitrogens with two attached hydrogens (primary N) is 1. The molecular weight excluding hydrogens is 190 g/mol. The van der Waals surface area contributed by atoms with Gasteiger partial charge in [-0.2, -0.15) is 0 Å². The molecule has 0 aliphatic carbocycles. The Bertz CT molecular complexity index is 220. The van der Waals surface area contributed by atoms with Crippen molar-refractivity contribution in [3.8, 4) is 0 Å². The molecule has 15 heavy (non-hydrogen) atoms. The van der Waals surface area contributed by atoms with Crippen LogP contribution >= 0.6 is 0 Å². The first-order chi connectivity index (χ1) is 7.08. The first-order valence-electron chi connectivity index (χ1n) is 5.80. The first-order valence-corrected chi connectivity index (χ1v) is 5.80. The van der Waals surface area contributed by atoms with Gasteiger partial charge >= 0.3 is 0 Å². The summed E-state index contributed by atoms with van der Waals surface area (Å²) in [6, 6.07) is 0.455. The second-order valence-corrected chi connectivity index (χ2v) is 4.55. The van der Waals surface area contributed by atoms with Crippen molar-refractivity contribution < 1.29 is 4.79 Å². The number of hydrogen-bond donors (Lipinski definition) is 1. The molecular formula is C11H23N3O. The maximum absolute atomic E-state index is 11.7. The lowest BCUT2D eigenvalue weighted by atomic mass is 10.1. The van der Waals surface area contributed by atoms with Gasteiger partial charge in [0.05, 0.1) is 6.54 Å². The molecule has 1 rings (SSSR count). The third-order valence-corrected chi connectivity index (χ3v) is 3.13. The van der Waals surface area contributed by atoms with Crippen molar-refractivity contribution in [3.63, 3.8) is 0 Å². The average molecular weight is 213 g/mol. The Morgan fingerprint density at radius 1 is 1.60 bits per heavy atom. The van der Waals surface area contributed by atoms with Gasteiger partial charge in [0.25, 0.3) is 0 Å². The number of carbonyl (C=O) groups is 1.